The van der Waals surface area contributed by atoms with E-state index in [1.807, 2.05) is 13.1 Å². The van der Waals surface area contributed by atoms with Gasteiger partial charge in [0.05, 0.1) is 35.5 Å². The first kappa shape index (κ1) is 18.0. The van der Waals surface area contributed by atoms with Gasteiger partial charge < -0.3 is 4.90 Å². The fraction of sp³-hybridized carbons (Fsp3) is 0.250. The van der Waals surface area contributed by atoms with Crippen molar-refractivity contribution in [2.75, 3.05) is 11.9 Å². The highest BCUT2D eigenvalue weighted by atomic mass is 15.4. The maximum absolute atomic E-state index is 9.68. The van der Waals surface area contributed by atoms with E-state index in [0.717, 1.165) is 5.69 Å². The molecule has 0 bridgehead atoms. The molecule has 0 spiro atoms. The van der Waals surface area contributed by atoms with Gasteiger partial charge >= 0.3 is 0 Å². The van der Waals surface area contributed by atoms with Crippen LogP contribution in [0.1, 0.15) is 12.5 Å². The number of allylic oxidation sites excluding steroid dienone is 2. The molecule has 1 saturated heterocycles. The zero-order valence-electron chi connectivity index (χ0n) is 16.3. The van der Waals surface area contributed by atoms with Gasteiger partial charge in [0, 0.05) is 5.69 Å². The molecule has 4 rings (SSSR count). The fourth-order valence-corrected chi connectivity index (χ4v) is 4.43. The Kier molecular flexibility index (Phi) is 4.51. The molecule has 2 aromatic carbocycles. The average molecular weight is 366 g/mol. The van der Waals surface area contributed by atoms with Crippen LogP contribution in [0.4, 0.5) is 5.69 Å². The minimum atomic E-state index is -0.104. The van der Waals surface area contributed by atoms with Crippen LogP contribution in [0.5, 0.6) is 0 Å². The quantitative estimate of drug-likeness (QED) is 0.790. The summed E-state index contributed by atoms with van der Waals surface area (Å²) in [6.45, 7) is 4.29. The predicted octanol–water partition coefficient (Wildman–Crippen LogP) is 4.41. The minimum absolute atomic E-state index is 0.0352. The van der Waals surface area contributed by atoms with Crippen LogP contribution in [0, 0.1) is 29.6 Å². The van der Waals surface area contributed by atoms with E-state index in [1.165, 1.54) is 16.7 Å². The van der Waals surface area contributed by atoms with E-state index in [0.29, 0.717) is 11.1 Å². The Bertz CT molecular complexity index is 1050. The average Bonchev–Trinajstić information content (AvgIpc) is 2.98. The van der Waals surface area contributed by atoms with Gasteiger partial charge in [-0.25, -0.2) is 0 Å². The lowest BCUT2D eigenvalue weighted by Gasteiger charge is -2.32. The first-order valence-corrected chi connectivity index (χ1v) is 9.45. The predicted molar refractivity (Wildman–Crippen MR) is 111 cm³/mol. The molecule has 2 aromatic rings. The third-order valence-corrected chi connectivity index (χ3v) is 5.94. The lowest BCUT2D eigenvalue weighted by Crippen LogP contribution is -2.38. The highest BCUT2D eigenvalue weighted by molar-refractivity contribution is 5.70. The molecule has 4 nitrogen and oxygen atoms in total. The Hall–Kier alpha value is -3.34. The molecule has 1 heterocycles. The molecule has 0 aromatic heterocycles. The highest BCUT2D eigenvalue weighted by Gasteiger charge is 2.46. The van der Waals surface area contributed by atoms with Crippen molar-refractivity contribution in [1.82, 2.24) is 4.90 Å². The Morgan fingerprint density at radius 2 is 1.71 bits per heavy atom. The smallest absolute Gasteiger partial charge is 0.100 e. The summed E-state index contributed by atoms with van der Waals surface area (Å²) in [7, 11) is 2.03. The maximum atomic E-state index is 9.68. The minimum Gasteiger partial charge on any atom is -0.347 e. The topological polar surface area (TPSA) is 54.1 Å². The Morgan fingerprint density at radius 1 is 0.964 bits per heavy atom. The second-order valence-electron chi connectivity index (χ2n) is 7.42. The fourth-order valence-electron chi connectivity index (χ4n) is 4.43. The standard InChI is InChI=1S/C24H22N4/c1-16-13-19(18-7-5-4-6-8-18)9-11-22(16)28-17(2)27(3)24-21(15-26)20(14-25)10-12-23(24)28/h4-13,17,23-24H,1-3H3. The van der Waals surface area contributed by atoms with Crippen molar-refractivity contribution in [3.05, 3.63) is 77.4 Å². The molecular formula is C24H22N4. The van der Waals surface area contributed by atoms with Crippen LogP contribution in [0.25, 0.3) is 11.1 Å². The number of nitriles is 2. The first-order chi connectivity index (χ1) is 13.6. The summed E-state index contributed by atoms with van der Waals surface area (Å²) in [5.41, 5.74) is 5.79. The van der Waals surface area contributed by atoms with E-state index in [1.54, 1.807) is 6.08 Å². The van der Waals surface area contributed by atoms with Gasteiger partial charge in [-0.05, 0) is 55.8 Å². The maximum Gasteiger partial charge on any atom is 0.100 e. The number of rotatable bonds is 2. The summed E-state index contributed by atoms with van der Waals surface area (Å²) in [4.78, 5) is 4.55. The van der Waals surface area contributed by atoms with Crippen LogP contribution in [0.3, 0.4) is 0 Å². The van der Waals surface area contributed by atoms with E-state index >= 15 is 0 Å². The van der Waals surface area contributed by atoms with Crippen molar-refractivity contribution in [3.63, 3.8) is 0 Å². The molecule has 0 N–H and O–H groups in total. The molecule has 2 aliphatic rings. The summed E-state index contributed by atoms with van der Waals surface area (Å²) >= 11 is 0. The van der Waals surface area contributed by atoms with Crippen LogP contribution in [-0.4, -0.2) is 30.2 Å². The molecular weight excluding hydrogens is 344 g/mol. The molecule has 3 unspecified atom stereocenters. The van der Waals surface area contributed by atoms with Crippen LogP contribution >= 0.6 is 0 Å². The van der Waals surface area contributed by atoms with Gasteiger partial charge in [-0.3, -0.25) is 4.90 Å². The van der Waals surface area contributed by atoms with E-state index in [2.05, 4.69) is 84.3 Å². The van der Waals surface area contributed by atoms with Gasteiger partial charge in [-0.15, -0.1) is 0 Å². The van der Waals surface area contributed by atoms with Crippen LogP contribution in [-0.2, 0) is 0 Å². The van der Waals surface area contributed by atoms with Gasteiger partial charge in [-0.1, -0.05) is 42.5 Å². The molecule has 0 saturated carbocycles. The lowest BCUT2D eigenvalue weighted by molar-refractivity contribution is 0.279. The van der Waals surface area contributed by atoms with Gasteiger partial charge in [-0.2, -0.15) is 10.5 Å². The largest absolute Gasteiger partial charge is 0.347 e. The van der Waals surface area contributed by atoms with Crippen molar-refractivity contribution in [3.8, 4) is 23.3 Å². The van der Waals surface area contributed by atoms with Gasteiger partial charge in [0.15, 0.2) is 0 Å². The third kappa shape index (κ3) is 2.71. The number of nitrogens with zero attached hydrogens (tertiary/aromatic N) is 4. The van der Waals surface area contributed by atoms with Gasteiger partial charge in [0.25, 0.3) is 0 Å². The summed E-state index contributed by atoms with van der Waals surface area (Å²) < 4.78 is 0. The van der Waals surface area contributed by atoms with Crippen molar-refractivity contribution in [2.45, 2.75) is 32.1 Å². The van der Waals surface area contributed by atoms with Crippen molar-refractivity contribution >= 4 is 5.69 Å². The van der Waals surface area contributed by atoms with Crippen LogP contribution in [0.15, 0.2) is 71.8 Å². The molecule has 4 heteroatoms. The Labute approximate surface area is 166 Å². The number of hydrogen-bond acceptors (Lipinski definition) is 4. The second-order valence-corrected chi connectivity index (χ2v) is 7.42. The van der Waals surface area contributed by atoms with Crippen molar-refractivity contribution in [1.29, 1.82) is 10.5 Å². The van der Waals surface area contributed by atoms with E-state index < -0.39 is 0 Å². The SMILES string of the molecule is Cc1cc(-c2ccccc2)ccc1N1C2C=CC(C#N)=C(C#N)C2N(C)C1C. The molecule has 0 radical (unpaired) electrons. The Morgan fingerprint density at radius 3 is 2.36 bits per heavy atom. The molecule has 28 heavy (non-hydrogen) atoms. The van der Waals surface area contributed by atoms with E-state index in [-0.39, 0.29) is 18.2 Å². The second kappa shape index (κ2) is 7.00. The number of anilines is 1. The molecule has 1 aliphatic carbocycles. The first-order valence-electron chi connectivity index (χ1n) is 9.45. The van der Waals surface area contributed by atoms with E-state index in [4.69, 9.17) is 0 Å². The zero-order chi connectivity index (χ0) is 19.8. The number of likely N-dealkylation sites (N-methyl/N-ethyl adjacent to an activating group) is 1. The van der Waals surface area contributed by atoms with Gasteiger partial charge in [0.2, 0.25) is 0 Å². The molecule has 1 aliphatic heterocycles. The van der Waals surface area contributed by atoms with Crippen molar-refractivity contribution in [2.24, 2.45) is 0 Å². The molecule has 138 valence electrons. The number of fused-ring (bicyclic) bond motifs is 1. The summed E-state index contributed by atoms with van der Waals surface area (Å²) in [5, 5.41) is 19.1. The summed E-state index contributed by atoms with van der Waals surface area (Å²) in [6, 6.07) is 21.3. The molecule has 0 amide bonds. The van der Waals surface area contributed by atoms with Crippen LogP contribution in [0.2, 0.25) is 0 Å². The molecule has 1 fully saturated rings. The number of aryl methyl sites for hydroxylation is 1. The number of hydrogen-bond donors (Lipinski definition) is 0. The third-order valence-electron chi connectivity index (χ3n) is 5.94. The highest BCUT2D eigenvalue weighted by Crippen LogP contribution is 2.40. The summed E-state index contributed by atoms with van der Waals surface area (Å²) in [6.07, 6.45) is 3.98. The van der Waals surface area contributed by atoms with Gasteiger partial charge in [0.1, 0.15) is 6.07 Å². The van der Waals surface area contributed by atoms with Crippen molar-refractivity contribution < 1.29 is 0 Å². The lowest BCUT2D eigenvalue weighted by atomic mass is 9.90. The Balaban J connectivity index is 1.75. The van der Waals surface area contributed by atoms with Crippen LogP contribution < -0.4 is 4.90 Å². The number of benzene rings is 2. The normalized spacial score (nSPS) is 24.0. The summed E-state index contributed by atoms with van der Waals surface area (Å²) in [5.74, 6) is 0. The monoisotopic (exact) mass is 366 g/mol. The van der Waals surface area contributed by atoms with E-state index in [9.17, 15) is 10.5 Å². The zero-order valence-corrected chi connectivity index (χ0v) is 16.3. The molecule has 3 atom stereocenters.